The van der Waals surface area contributed by atoms with Gasteiger partial charge in [-0.05, 0) is 26.2 Å². The summed E-state index contributed by atoms with van der Waals surface area (Å²) < 4.78 is 10.4. The van der Waals surface area contributed by atoms with Crippen LogP contribution in [0.2, 0.25) is 0 Å². The van der Waals surface area contributed by atoms with E-state index in [0.29, 0.717) is 12.1 Å². The van der Waals surface area contributed by atoms with Gasteiger partial charge in [-0.3, -0.25) is 0 Å². The molecule has 13 heavy (non-hydrogen) atoms. The molecule has 0 aliphatic carbocycles. The molecule has 1 aliphatic heterocycles. The number of hydrogen-bond donors (Lipinski definition) is 1. The fraction of sp³-hybridized carbons (Fsp3) is 1.00. The van der Waals surface area contributed by atoms with Crippen LogP contribution in [0.5, 0.6) is 0 Å². The Kier molecular flexibility index (Phi) is 5.35. The van der Waals surface area contributed by atoms with Gasteiger partial charge in [0.1, 0.15) is 0 Å². The number of methoxy groups -OCH3 is 1. The quantitative estimate of drug-likeness (QED) is 0.701. The van der Waals surface area contributed by atoms with Crippen molar-refractivity contribution in [3.8, 4) is 0 Å². The average molecular weight is 187 g/mol. The van der Waals surface area contributed by atoms with Gasteiger partial charge >= 0.3 is 0 Å². The van der Waals surface area contributed by atoms with Crippen molar-refractivity contribution in [2.45, 2.75) is 38.3 Å². The van der Waals surface area contributed by atoms with E-state index in [4.69, 9.17) is 9.47 Å². The summed E-state index contributed by atoms with van der Waals surface area (Å²) in [7, 11) is 1.75. The molecule has 0 aromatic carbocycles. The molecule has 3 heteroatoms. The predicted octanol–water partition coefficient (Wildman–Crippen LogP) is 1.18. The van der Waals surface area contributed by atoms with E-state index < -0.39 is 0 Å². The van der Waals surface area contributed by atoms with Gasteiger partial charge in [-0.2, -0.15) is 0 Å². The summed E-state index contributed by atoms with van der Waals surface area (Å²) in [5.74, 6) is 0. The SMILES string of the molecule is COCCC(C)NC1CCCOC1. The lowest BCUT2D eigenvalue weighted by Crippen LogP contribution is -2.42. The van der Waals surface area contributed by atoms with Gasteiger partial charge in [-0.1, -0.05) is 0 Å². The molecule has 0 spiro atoms. The van der Waals surface area contributed by atoms with Crippen molar-refractivity contribution >= 4 is 0 Å². The van der Waals surface area contributed by atoms with E-state index in [2.05, 4.69) is 12.2 Å². The highest BCUT2D eigenvalue weighted by Crippen LogP contribution is 2.07. The third-order valence-corrected chi connectivity index (χ3v) is 2.44. The highest BCUT2D eigenvalue weighted by Gasteiger charge is 2.15. The summed E-state index contributed by atoms with van der Waals surface area (Å²) in [4.78, 5) is 0. The standard InChI is InChI=1S/C10H21NO2/c1-9(5-7-12-2)11-10-4-3-6-13-8-10/h9-11H,3-8H2,1-2H3. The van der Waals surface area contributed by atoms with Gasteiger partial charge in [0.05, 0.1) is 6.61 Å². The number of nitrogens with one attached hydrogen (secondary N) is 1. The first-order valence-corrected chi connectivity index (χ1v) is 5.15. The lowest BCUT2D eigenvalue weighted by atomic mass is 10.1. The van der Waals surface area contributed by atoms with Crippen molar-refractivity contribution < 1.29 is 9.47 Å². The fourth-order valence-corrected chi connectivity index (χ4v) is 1.65. The first-order chi connectivity index (χ1) is 6.33. The summed E-state index contributed by atoms with van der Waals surface area (Å²) in [6, 6.07) is 1.09. The molecular weight excluding hydrogens is 166 g/mol. The van der Waals surface area contributed by atoms with E-state index in [1.165, 1.54) is 12.8 Å². The Morgan fingerprint density at radius 1 is 1.62 bits per heavy atom. The molecule has 0 amide bonds. The summed E-state index contributed by atoms with van der Waals surface area (Å²) in [6.45, 7) is 4.84. The fourth-order valence-electron chi connectivity index (χ4n) is 1.65. The Hall–Kier alpha value is -0.120. The van der Waals surface area contributed by atoms with E-state index in [1.54, 1.807) is 7.11 Å². The third-order valence-electron chi connectivity index (χ3n) is 2.44. The van der Waals surface area contributed by atoms with Gasteiger partial charge in [-0.25, -0.2) is 0 Å². The number of rotatable bonds is 5. The predicted molar refractivity (Wildman–Crippen MR) is 52.9 cm³/mol. The number of hydrogen-bond acceptors (Lipinski definition) is 3. The van der Waals surface area contributed by atoms with Crippen molar-refractivity contribution in [2.24, 2.45) is 0 Å². The molecule has 2 unspecified atom stereocenters. The molecule has 0 aromatic heterocycles. The zero-order chi connectivity index (χ0) is 9.52. The van der Waals surface area contributed by atoms with Crippen molar-refractivity contribution in [3.63, 3.8) is 0 Å². The topological polar surface area (TPSA) is 30.5 Å². The van der Waals surface area contributed by atoms with Crippen molar-refractivity contribution in [1.82, 2.24) is 5.32 Å². The monoisotopic (exact) mass is 187 g/mol. The maximum atomic E-state index is 5.39. The van der Waals surface area contributed by atoms with Gasteiger partial charge in [0.2, 0.25) is 0 Å². The molecule has 1 aliphatic rings. The Labute approximate surface area is 80.8 Å². The summed E-state index contributed by atoms with van der Waals surface area (Å²) in [5, 5.41) is 3.55. The average Bonchev–Trinajstić information content (AvgIpc) is 2.16. The van der Waals surface area contributed by atoms with Crippen molar-refractivity contribution in [3.05, 3.63) is 0 Å². The molecule has 1 saturated heterocycles. The van der Waals surface area contributed by atoms with Crippen molar-refractivity contribution in [1.29, 1.82) is 0 Å². The Morgan fingerprint density at radius 2 is 2.46 bits per heavy atom. The minimum atomic E-state index is 0.534. The maximum Gasteiger partial charge on any atom is 0.0619 e. The van der Waals surface area contributed by atoms with Crippen LogP contribution in [0.3, 0.4) is 0 Å². The van der Waals surface area contributed by atoms with Gasteiger partial charge in [0.25, 0.3) is 0 Å². The van der Waals surface area contributed by atoms with Crippen molar-refractivity contribution in [2.75, 3.05) is 26.9 Å². The Morgan fingerprint density at radius 3 is 3.08 bits per heavy atom. The third kappa shape index (κ3) is 4.60. The van der Waals surface area contributed by atoms with Crippen LogP contribution in [-0.2, 0) is 9.47 Å². The van der Waals surface area contributed by atoms with Gasteiger partial charge < -0.3 is 14.8 Å². The molecule has 1 heterocycles. The van der Waals surface area contributed by atoms with Gasteiger partial charge in [-0.15, -0.1) is 0 Å². The summed E-state index contributed by atoms with van der Waals surface area (Å²) >= 11 is 0. The van der Waals surface area contributed by atoms with Crippen LogP contribution in [0.1, 0.15) is 26.2 Å². The molecule has 78 valence electrons. The van der Waals surface area contributed by atoms with E-state index in [1.807, 2.05) is 0 Å². The highest BCUT2D eigenvalue weighted by molar-refractivity contribution is 4.73. The molecule has 3 nitrogen and oxygen atoms in total. The second-order valence-electron chi connectivity index (χ2n) is 3.76. The highest BCUT2D eigenvalue weighted by atomic mass is 16.5. The molecule has 0 saturated carbocycles. The Bertz CT molecular complexity index is 124. The van der Waals surface area contributed by atoms with Gasteiger partial charge in [0, 0.05) is 32.4 Å². The molecule has 1 rings (SSSR count). The van der Waals surface area contributed by atoms with E-state index in [9.17, 15) is 0 Å². The zero-order valence-electron chi connectivity index (χ0n) is 8.71. The lowest BCUT2D eigenvalue weighted by Gasteiger charge is -2.26. The minimum Gasteiger partial charge on any atom is -0.385 e. The van der Waals surface area contributed by atoms with Crippen LogP contribution in [0, 0.1) is 0 Å². The van der Waals surface area contributed by atoms with Crippen LogP contribution < -0.4 is 5.32 Å². The van der Waals surface area contributed by atoms with E-state index in [0.717, 1.165) is 26.2 Å². The molecule has 1 N–H and O–H groups in total. The molecule has 0 aromatic rings. The second-order valence-corrected chi connectivity index (χ2v) is 3.76. The first-order valence-electron chi connectivity index (χ1n) is 5.15. The lowest BCUT2D eigenvalue weighted by molar-refractivity contribution is 0.0650. The summed E-state index contributed by atoms with van der Waals surface area (Å²) in [5.41, 5.74) is 0. The Balaban J connectivity index is 2.07. The van der Waals surface area contributed by atoms with Crippen LogP contribution >= 0.6 is 0 Å². The zero-order valence-corrected chi connectivity index (χ0v) is 8.71. The van der Waals surface area contributed by atoms with E-state index in [-0.39, 0.29) is 0 Å². The molecule has 0 bridgehead atoms. The maximum absolute atomic E-state index is 5.39. The van der Waals surface area contributed by atoms with Crippen LogP contribution in [0.15, 0.2) is 0 Å². The van der Waals surface area contributed by atoms with Crippen LogP contribution in [-0.4, -0.2) is 39.0 Å². The van der Waals surface area contributed by atoms with Crippen LogP contribution in [0.25, 0.3) is 0 Å². The first kappa shape index (κ1) is 11.0. The molecule has 0 radical (unpaired) electrons. The minimum absolute atomic E-state index is 0.534. The molecular formula is C10H21NO2. The second kappa shape index (κ2) is 6.35. The van der Waals surface area contributed by atoms with Crippen LogP contribution in [0.4, 0.5) is 0 Å². The molecule has 1 fully saturated rings. The number of ether oxygens (including phenoxy) is 2. The van der Waals surface area contributed by atoms with E-state index >= 15 is 0 Å². The largest absolute Gasteiger partial charge is 0.385 e. The molecule has 2 atom stereocenters. The van der Waals surface area contributed by atoms with Gasteiger partial charge in [0.15, 0.2) is 0 Å². The normalized spacial score (nSPS) is 25.8. The summed E-state index contributed by atoms with van der Waals surface area (Å²) in [6.07, 6.45) is 3.51. The smallest absolute Gasteiger partial charge is 0.0619 e.